The first-order valence-electron chi connectivity index (χ1n) is 5.45. The van der Waals surface area contributed by atoms with E-state index in [1.165, 1.54) is 12.1 Å². The van der Waals surface area contributed by atoms with Gasteiger partial charge in [0.1, 0.15) is 5.82 Å². The van der Waals surface area contributed by atoms with E-state index in [1.807, 2.05) is 6.92 Å². The predicted octanol–water partition coefficient (Wildman–Crippen LogP) is 2.37. The van der Waals surface area contributed by atoms with Crippen LogP contribution in [0.3, 0.4) is 0 Å². The molecule has 1 aromatic rings. The van der Waals surface area contributed by atoms with Crippen molar-refractivity contribution in [1.82, 2.24) is 5.32 Å². The summed E-state index contributed by atoms with van der Waals surface area (Å²) in [5, 5.41) is 11.8. The molecule has 0 spiro atoms. The lowest BCUT2D eigenvalue weighted by Gasteiger charge is -2.16. The second kappa shape index (κ2) is 6.57. The van der Waals surface area contributed by atoms with Gasteiger partial charge in [0.25, 0.3) is 5.91 Å². The maximum absolute atomic E-state index is 13.4. The number of aliphatic hydroxyl groups is 1. The second-order valence-electron chi connectivity index (χ2n) is 3.72. The number of carbonyl (C=O) groups is 1. The number of hydrogen-bond acceptors (Lipinski definition) is 2. The van der Waals surface area contributed by atoms with Crippen molar-refractivity contribution in [1.29, 1.82) is 0 Å². The van der Waals surface area contributed by atoms with Crippen LogP contribution >= 0.6 is 11.6 Å². The fraction of sp³-hybridized carbons (Fsp3) is 0.417. The largest absolute Gasteiger partial charge is 0.396 e. The normalized spacial score (nSPS) is 12.2. The van der Waals surface area contributed by atoms with Crippen LogP contribution in [0.4, 0.5) is 4.39 Å². The van der Waals surface area contributed by atoms with Crippen LogP contribution < -0.4 is 5.32 Å². The Balaban J connectivity index is 2.78. The van der Waals surface area contributed by atoms with E-state index in [-0.39, 0.29) is 18.2 Å². The minimum absolute atomic E-state index is 0.0170. The molecule has 0 saturated heterocycles. The van der Waals surface area contributed by atoms with E-state index in [2.05, 4.69) is 5.32 Å². The molecule has 0 bridgehead atoms. The van der Waals surface area contributed by atoms with Crippen molar-refractivity contribution in [3.8, 4) is 0 Å². The van der Waals surface area contributed by atoms with Crippen LogP contribution in [0.15, 0.2) is 18.2 Å². The summed E-state index contributed by atoms with van der Waals surface area (Å²) in [5.74, 6) is -1.11. The Kier molecular flexibility index (Phi) is 5.38. The molecule has 1 rings (SSSR count). The van der Waals surface area contributed by atoms with Gasteiger partial charge in [-0.2, -0.15) is 0 Å². The van der Waals surface area contributed by atoms with E-state index in [9.17, 15) is 9.18 Å². The third-order valence-corrected chi connectivity index (χ3v) is 2.71. The van der Waals surface area contributed by atoms with Crippen LogP contribution in [0.5, 0.6) is 0 Å². The fourth-order valence-electron chi connectivity index (χ4n) is 1.47. The third kappa shape index (κ3) is 3.98. The number of nitrogens with one attached hydrogen (secondary N) is 1. The molecular weight excluding hydrogens is 245 g/mol. The molecule has 1 aromatic carbocycles. The molecule has 0 aliphatic carbocycles. The van der Waals surface area contributed by atoms with Crippen molar-refractivity contribution in [2.24, 2.45) is 0 Å². The van der Waals surface area contributed by atoms with Gasteiger partial charge in [-0.05, 0) is 31.0 Å². The Labute approximate surface area is 105 Å². The average Bonchev–Trinajstić information content (AvgIpc) is 2.31. The van der Waals surface area contributed by atoms with Crippen molar-refractivity contribution in [2.75, 3.05) is 6.61 Å². The molecule has 2 N–H and O–H groups in total. The van der Waals surface area contributed by atoms with Gasteiger partial charge in [0, 0.05) is 17.7 Å². The molecule has 0 aromatic heterocycles. The molecule has 3 nitrogen and oxygen atoms in total. The second-order valence-corrected chi connectivity index (χ2v) is 4.15. The summed E-state index contributed by atoms with van der Waals surface area (Å²) >= 11 is 5.71. The Hall–Kier alpha value is -1.13. The molecule has 1 unspecified atom stereocenters. The van der Waals surface area contributed by atoms with Crippen molar-refractivity contribution in [3.63, 3.8) is 0 Å². The first-order valence-corrected chi connectivity index (χ1v) is 5.83. The van der Waals surface area contributed by atoms with Gasteiger partial charge in [-0.3, -0.25) is 4.79 Å². The number of halogens is 2. The Morgan fingerprint density at radius 2 is 2.29 bits per heavy atom. The number of rotatable bonds is 5. The summed E-state index contributed by atoms with van der Waals surface area (Å²) < 4.78 is 13.4. The van der Waals surface area contributed by atoms with Gasteiger partial charge in [-0.25, -0.2) is 4.39 Å². The van der Waals surface area contributed by atoms with E-state index in [4.69, 9.17) is 16.7 Å². The van der Waals surface area contributed by atoms with E-state index in [1.54, 1.807) is 0 Å². The molecule has 0 aliphatic heterocycles. The smallest absolute Gasteiger partial charge is 0.254 e. The molecule has 5 heteroatoms. The first-order chi connectivity index (χ1) is 8.08. The highest BCUT2D eigenvalue weighted by Crippen LogP contribution is 2.15. The van der Waals surface area contributed by atoms with Gasteiger partial charge >= 0.3 is 0 Å². The zero-order chi connectivity index (χ0) is 12.8. The molecular formula is C12H15ClFNO2. The fourth-order valence-corrected chi connectivity index (χ4v) is 1.64. The number of amides is 1. The van der Waals surface area contributed by atoms with Gasteiger partial charge in [-0.1, -0.05) is 18.5 Å². The van der Waals surface area contributed by atoms with Crippen LogP contribution in [0.2, 0.25) is 5.02 Å². The van der Waals surface area contributed by atoms with Crippen molar-refractivity contribution < 1.29 is 14.3 Å². The minimum atomic E-state index is -0.606. The Bertz CT molecular complexity index is 398. The number of benzene rings is 1. The van der Waals surface area contributed by atoms with Crippen molar-refractivity contribution >= 4 is 17.5 Å². The summed E-state index contributed by atoms with van der Waals surface area (Å²) in [6.07, 6.45) is 1.12. The summed E-state index contributed by atoms with van der Waals surface area (Å²) in [7, 11) is 0. The third-order valence-electron chi connectivity index (χ3n) is 2.48. The lowest BCUT2D eigenvalue weighted by Crippen LogP contribution is -2.35. The number of aliphatic hydroxyl groups excluding tert-OH is 1. The first kappa shape index (κ1) is 13.9. The summed E-state index contributed by atoms with van der Waals surface area (Å²) in [6.45, 7) is 1.87. The Morgan fingerprint density at radius 1 is 1.59 bits per heavy atom. The lowest BCUT2D eigenvalue weighted by atomic mass is 10.1. The molecule has 17 heavy (non-hydrogen) atoms. The van der Waals surface area contributed by atoms with Gasteiger partial charge < -0.3 is 10.4 Å². The van der Waals surface area contributed by atoms with E-state index < -0.39 is 11.7 Å². The SMILES string of the molecule is CCC(CCO)NC(=O)c1cc(Cl)ccc1F. The maximum Gasteiger partial charge on any atom is 0.254 e. The highest BCUT2D eigenvalue weighted by molar-refractivity contribution is 6.31. The lowest BCUT2D eigenvalue weighted by molar-refractivity contribution is 0.0925. The van der Waals surface area contributed by atoms with Crippen molar-refractivity contribution in [2.45, 2.75) is 25.8 Å². The van der Waals surface area contributed by atoms with E-state index >= 15 is 0 Å². The predicted molar refractivity (Wildman–Crippen MR) is 64.7 cm³/mol. The molecule has 0 heterocycles. The quantitative estimate of drug-likeness (QED) is 0.853. The van der Waals surface area contributed by atoms with Gasteiger partial charge in [-0.15, -0.1) is 0 Å². The summed E-state index contributed by atoms with van der Waals surface area (Å²) in [5.41, 5.74) is -0.0751. The molecule has 94 valence electrons. The highest BCUT2D eigenvalue weighted by atomic mass is 35.5. The minimum Gasteiger partial charge on any atom is -0.396 e. The molecule has 1 amide bonds. The van der Waals surface area contributed by atoms with Crippen LogP contribution in [0.1, 0.15) is 30.1 Å². The standard InChI is InChI=1S/C12H15ClFNO2/c1-2-9(5-6-16)15-12(17)10-7-8(13)3-4-11(10)14/h3-4,7,9,16H,2,5-6H2,1H3,(H,15,17). The molecule has 0 saturated carbocycles. The monoisotopic (exact) mass is 259 g/mol. The van der Waals surface area contributed by atoms with Crippen LogP contribution in [0.25, 0.3) is 0 Å². The van der Waals surface area contributed by atoms with Crippen LogP contribution in [0, 0.1) is 5.82 Å². The van der Waals surface area contributed by atoms with Crippen LogP contribution in [-0.4, -0.2) is 23.7 Å². The molecule has 0 aliphatic rings. The zero-order valence-corrected chi connectivity index (χ0v) is 10.3. The molecule has 0 radical (unpaired) electrons. The van der Waals surface area contributed by atoms with Gasteiger partial charge in [0.15, 0.2) is 0 Å². The van der Waals surface area contributed by atoms with Gasteiger partial charge in [0.2, 0.25) is 0 Å². The number of carbonyl (C=O) groups excluding carboxylic acids is 1. The number of hydrogen-bond donors (Lipinski definition) is 2. The van der Waals surface area contributed by atoms with Gasteiger partial charge in [0.05, 0.1) is 5.56 Å². The maximum atomic E-state index is 13.4. The zero-order valence-electron chi connectivity index (χ0n) is 9.54. The summed E-state index contributed by atoms with van der Waals surface area (Å²) in [4.78, 5) is 11.8. The van der Waals surface area contributed by atoms with Crippen LogP contribution in [-0.2, 0) is 0 Å². The van der Waals surface area contributed by atoms with E-state index in [0.717, 1.165) is 6.07 Å². The Morgan fingerprint density at radius 3 is 2.88 bits per heavy atom. The summed E-state index contributed by atoms with van der Waals surface area (Å²) in [6, 6.07) is 3.67. The van der Waals surface area contributed by atoms with Crippen molar-refractivity contribution in [3.05, 3.63) is 34.6 Å². The molecule has 0 fully saturated rings. The molecule has 1 atom stereocenters. The average molecular weight is 260 g/mol. The highest BCUT2D eigenvalue weighted by Gasteiger charge is 2.15. The topological polar surface area (TPSA) is 49.3 Å². The van der Waals surface area contributed by atoms with E-state index in [0.29, 0.717) is 17.9 Å².